The van der Waals surface area contributed by atoms with Crippen LogP contribution in [0, 0.1) is 13.8 Å². The van der Waals surface area contributed by atoms with Gasteiger partial charge in [0.25, 0.3) is 11.8 Å². The zero-order valence-electron chi connectivity index (χ0n) is 31.0. The number of imide groups is 1. The highest BCUT2D eigenvalue weighted by molar-refractivity contribution is 6.36. The van der Waals surface area contributed by atoms with Crippen molar-refractivity contribution >= 4 is 39.3 Å². The number of rotatable bonds is 6. The van der Waals surface area contributed by atoms with Crippen molar-refractivity contribution in [3.05, 3.63) is 204 Å². The van der Waals surface area contributed by atoms with E-state index in [0.29, 0.717) is 22.5 Å². The number of fused-ring (bicyclic) bond motifs is 4. The molecule has 0 spiro atoms. The van der Waals surface area contributed by atoms with E-state index >= 15 is 4.79 Å². The molecule has 0 radical (unpaired) electrons. The van der Waals surface area contributed by atoms with Crippen molar-refractivity contribution in [1.29, 1.82) is 0 Å². The fraction of sp³-hybridized carbons (Fsp3) is 0.0385. The summed E-state index contributed by atoms with van der Waals surface area (Å²) in [5, 5.41) is 2.14. The van der Waals surface area contributed by atoms with Crippen LogP contribution < -0.4 is 4.90 Å². The molecule has 0 fully saturated rings. The Kier molecular flexibility index (Phi) is 7.86. The van der Waals surface area contributed by atoms with E-state index in [1.54, 1.807) is 6.07 Å². The van der Waals surface area contributed by atoms with Crippen molar-refractivity contribution in [2.24, 2.45) is 0 Å². The number of nitrogens with zero attached hydrogens (tertiary/aromatic N) is 2. The van der Waals surface area contributed by atoms with Gasteiger partial charge in [0.2, 0.25) is 0 Å². The number of carbonyl (C=O) groups is 2. The minimum absolute atomic E-state index is 0.335. The van der Waals surface area contributed by atoms with E-state index in [1.165, 1.54) is 16.0 Å². The second kappa shape index (κ2) is 13.2. The van der Waals surface area contributed by atoms with Gasteiger partial charge >= 0.3 is 0 Å². The minimum Gasteiger partial charge on any atom is -0.308 e. The summed E-state index contributed by atoms with van der Waals surface area (Å²) < 4.78 is 2.19. The third kappa shape index (κ3) is 5.46. The molecule has 1 aliphatic rings. The van der Waals surface area contributed by atoms with Crippen LogP contribution in [0.4, 0.5) is 5.69 Å². The molecule has 4 nitrogen and oxygen atoms in total. The molecule has 2 heterocycles. The van der Waals surface area contributed by atoms with Crippen LogP contribution in [0.25, 0.3) is 72.0 Å². The number of amides is 2. The first-order chi connectivity index (χ1) is 27.4. The highest BCUT2D eigenvalue weighted by atomic mass is 16.2. The summed E-state index contributed by atoms with van der Waals surface area (Å²) in [4.78, 5) is 31.1. The van der Waals surface area contributed by atoms with Crippen LogP contribution in [0.5, 0.6) is 0 Å². The number of benzene rings is 8. The lowest BCUT2D eigenvalue weighted by atomic mass is 9.97. The Labute approximate surface area is 325 Å². The Morgan fingerprint density at radius 2 is 0.857 bits per heavy atom. The van der Waals surface area contributed by atoms with E-state index in [4.69, 9.17) is 0 Å². The van der Waals surface area contributed by atoms with Crippen LogP contribution in [0.3, 0.4) is 0 Å². The second-order valence-electron chi connectivity index (χ2n) is 14.6. The van der Waals surface area contributed by atoms with Gasteiger partial charge in [-0.25, -0.2) is 4.90 Å². The standard InChI is InChI=1S/C52H36N2O2/c1-33-12-9-18-37(28-33)40-22-25-42-43-26-23-41(38-19-10-13-34(2)29-38)32-49(43)53(48(42)31-40)47-21-11-20-44-50(47)52(56)54(51(44)55)46-27-24-39(35-14-5-3-6-15-35)30-45(46)36-16-7-4-8-17-36/h3-32H,1-2H3. The normalized spacial score (nSPS) is 12.5. The van der Waals surface area contributed by atoms with Crippen molar-refractivity contribution in [3.63, 3.8) is 0 Å². The Bertz CT molecular complexity index is 2930. The van der Waals surface area contributed by atoms with Crippen LogP contribution in [-0.2, 0) is 0 Å². The summed E-state index contributed by atoms with van der Waals surface area (Å²) in [6.45, 7) is 4.21. The van der Waals surface area contributed by atoms with Gasteiger partial charge in [0.15, 0.2) is 0 Å². The predicted octanol–water partition coefficient (Wildman–Crippen LogP) is 12.9. The SMILES string of the molecule is Cc1cccc(-c2ccc3c4ccc(-c5cccc(C)c5)cc4n(-c4cccc5c4C(=O)N(c4ccc(-c6ccccc6)cc4-c4ccccc4)C5=O)c3c2)c1. The maximum absolute atomic E-state index is 15.1. The summed E-state index contributed by atoms with van der Waals surface area (Å²) in [5.41, 5.74) is 14.5. The molecule has 4 heteroatoms. The molecule has 0 atom stereocenters. The summed E-state index contributed by atoms with van der Waals surface area (Å²) >= 11 is 0. The molecule has 8 aromatic carbocycles. The van der Waals surface area contributed by atoms with Gasteiger partial charge in [0.1, 0.15) is 0 Å². The number of carbonyl (C=O) groups excluding carboxylic acids is 2. The van der Waals surface area contributed by atoms with Crippen LogP contribution in [0.2, 0.25) is 0 Å². The van der Waals surface area contributed by atoms with Gasteiger partial charge in [-0.2, -0.15) is 0 Å². The largest absolute Gasteiger partial charge is 0.308 e. The molecule has 9 aromatic rings. The summed E-state index contributed by atoms with van der Waals surface area (Å²) in [5.74, 6) is -0.678. The fourth-order valence-corrected chi connectivity index (χ4v) is 8.35. The molecular formula is C52H36N2O2. The third-order valence-corrected chi connectivity index (χ3v) is 11.0. The number of hydrogen-bond donors (Lipinski definition) is 0. The van der Waals surface area contributed by atoms with Gasteiger partial charge in [-0.15, -0.1) is 0 Å². The van der Waals surface area contributed by atoms with Crippen molar-refractivity contribution in [1.82, 2.24) is 4.57 Å². The maximum Gasteiger partial charge on any atom is 0.268 e. The summed E-state index contributed by atoms with van der Waals surface area (Å²) in [6, 6.07) is 61.9. The molecule has 0 N–H and O–H groups in total. The van der Waals surface area contributed by atoms with Crippen molar-refractivity contribution in [3.8, 4) is 50.2 Å². The van der Waals surface area contributed by atoms with Crippen LogP contribution in [0.15, 0.2) is 182 Å². The second-order valence-corrected chi connectivity index (χ2v) is 14.6. The molecule has 266 valence electrons. The smallest absolute Gasteiger partial charge is 0.268 e. The Hall–Kier alpha value is -7.30. The average molecular weight is 721 g/mol. The average Bonchev–Trinajstić information content (AvgIpc) is 3.70. The van der Waals surface area contributed by atoms with E-state index in [9.17, 15) is 4.79 Å². The van der Waals surface area contributed by atoms with Crippen molar-refractivity contribution in [2.45, 2.75) is 13.8 Å². The van der Waals surface area contributed by atoms with Crippen LogP contribution in [0.1, 0.15) is 31.8 Å². The fourth-order valence-electron chi connectivity index (χ4n) is 8.35. The molecule has 0 bridgehead atoms. The van der Waals surface area contributed by atoms with E-state index < -0.39 is 0 Å². The van der Waals surface area contributed by atoms with E-state index in [-0.39, 0.29) is 11.8 Å². The topological polar surface area (TPSA) is 42.3 Å². The first-order valence-corrected chi connectivity index (χ1v) is 18.9. The quantitative estimate of drug-likeness (QED) is 0.161. The molecule has 0 unspecified atom stereocenters. The van der Waals surface area contributed by atoms with E-state index in [2.05, 4.69) is 122 Å². The van der Waals surface area contributed by atoms with E-state index in [1.807, 2.05) is 72.8 Å². The zero-order chi connectivity index (χ0) is 37.9. The Morgan fingerprint density at radius 1 is 0.357 bits per heavy atom. The van der Waals surface area contributed by atoms with E-state index in [0.717, 1.165) is 66.3 Å². The lowest BCUT2D eigenvalue weighted by Gasteiger charge is -2.20. The number of aryl methyl sites for hydroxylation is 2. The highest BCUT2D eigenvalue weighted by Gasteiger charge is 2.40. The molecule has 56 heavy (non-hydrogen) atoms. The monoisotopic (exact) mass is 720 g/mol. The zero-order valence-corrected chi connectivity index (χ0v) is 31.0. The lowest BCUT2D eigenvalue weighted by molar-refractivity contribution is 0.0926. The van der Waals surface area contributed by atoms with Crippen LogP contribution >= 0.6 is 0 Å². The van der Waals surface area contributed by atoms with Gasteiger partial charge in [0, 0.05) is 16.3 Å². The summed E-state index contributed by atoms with van der Waals surface area (Å²) in [7, 11) is 0. The summed E-state index contributed by atoms with van der Waals surface area (Å²) in [6.07, 6.45) is 0. The molecule has 2 amide bonds. The molecule has 0 aliphatic carbocycles. The third-order valence-electron chi connectivity index (χ3n) is 11.0. The molecule has 1 aromatic heterocycles. The molecule has 10 rings (SSSR count). The molecule has 0 saturated heterocycles. The first-order valence-electron chi connectivity index (χ1n) is 18.9. The molecule has 1 aliphatic heterocycles. The van der Waals surface area contributed by atoms with Crippen molar-refractivity contribution < 1.29 is 9.59 Å². The minimum atomic E-state index is -0.343. The lowest BCUT2D eigenvalue weighted by Crippen LogP contribution is -2.30. The van der Waals surface area contributed by atoms with Gasteiger partial charge in [-0.3, -0.25) is 9.59 Å². The van der Waals surface area contributed by atoms with Gasteiger partial charge in [0.05, 0.1) is 33.5 Å². The first kappa shape index (κ1) is 33.3. The number of anilines is 1. The highest BCUT2D eigenvalue weighted by Crippen LogP contribution is 2.43. The number of hydrogen-bond acceptors (Lipinski definition) is 2. The van der Waals surface area contributed by atoms with Crippen LogP contribution in [-0.4, -0.2) is 16.4 Å². The van der Waals surface area contributed by atoms with Crippen molar-refractivity contribution in [2.75, 3.05) is 4.90 Å². The Morgan fingerprint density at radius 3 is 1.45 bits per heavy atom. The predicted molar refractivity (Wildman–Crippen MR) is 230 cm³/mol. The van der Waals surface area contributed by atoms with Gasteiger partial charge in [-0.05, 0) is 89.2 Å². The molecular weight excluding hydrogens is 685 g/mol. The van der Waals surface area contributed by atoms with Gasteiger partial charge in [-0.1, -0.05) is 157 Å². The number of aromatic nitrogens is 1. The Balaban J connectivity index is 1.19. The molecule has 0 saturated carbocycles. The maximum atomic E-state index is 15.1. The van der Waals surface area contributed by atoms with Gasteiger partial charge < -0.3 is 4.57 Å².